The van der Waals surface area contributed by atoms with Crippen molar-refractivity contribution in [1.82, 2.24) is 0 Å². The summed E-state index contributed by atoms with van der Waals surface area (Å²) in [6, 6.07) is 5.99. The molecule has 0 spiro atoms. The molecule has 0 heterocycles. The summed E-state index contributed by atoms with van der Waals surface area (Å²) < 4.78 is 10.4. The largest absolute Gasteiger partial charge is 0.496 e. The van der Waals surface area contributed by atoms with E-state index in [1.807, 2.05) is 19.1 Å². The molecule has 2 rings (SSSR count). The number of carbonyl (C=O) groups excluding carboxylic acids is 1. The van der Waals surface area contributed by atoms with Gasteiger partial charge in [0.15, 0.2) is 0 Å². The Bertz CT molecular complexity index is 489. The van der Waals surface area contributed by atoms with E-state index in [0.29, 0.717) is 12.5 Å². The van der Waals surface area contributed by atoms with Crippen LogP contribution in [-0.4, -0.2) is 19.7 Å². The highest BCUT2D eigenvalue weighted by Crippen LogP contribution is 2.42. The van der Waals surface area contributed by atoms with Gasteiger partial charge < -0.3 is 9.47 Å². The summed E-state index contributed by atoms with van der Waals surface area (Å²) in [5.74, 6) is 0.867. The molecule has 0 N–H and O–H groups in total. The second kappa shape index (κ2) is 5.25. The predicted molar refractivity (Wildman–Crippen MR) is 70.5 cm³/mol. The van der Waals surface area contributed by atoms with Gasteiger partial charge in [0.05, 0.1) is 13.7 Å². The van der Waals surface area contributed by atoms with Crippen molar-refractivity contribution >= 4 is 11.5 Å². The van der Waals surface area contributed by atoms with Crippen LogP contribution in [0.5, 0.6) is 5.75 Å². The molecule has 0 unspecified atom stereocenters. The van der Waals surface area contributed by atoms with Crippen molar-refractivity contribution in [1.29, 1.82) is 0 Å². The SMILES string of the molecule is CCOC(=O)/C=C1/c2c(cccc2OC)C[C@@H]1C. The van der Waals surface area contributed by atoms with Crippen LogP contribution in [0, 0.1) is 5.92 Å². The van der Waals surface area contributed by atoms with Gasteiger partial charge in [-0.25, -0.2) is 4.79 Å². The Morgan fingerprint density at radius 1 is 1.50 bits per heavy atom. The van der Waals surface area contributed by atoms with Gasteiger partial charge in [-0.05, 0) is 36.5 Å². The highest BCUT2D eigenvalue weighted by Gasteiger charge is 2.27. The van der Waals surface area contributed by atoms with Gasteiger partial charge >= 0.3 is 5.97 Å². The molecule has 0 saturated carbocycles. The zero-order chi connectivity index (χ0) is 13.1. The van der Waals surface area contributed by atoms with Gasteiger partial charge in [0.25, 0.3) is 0 Å². The first-order valence-corrected chi connectivity index (χ1v) is 6.22. The van der Waals surface area contributed by atoms with Gasteiger partial charge in [-0.15, -0.1) is 0 Å². The summed E-state index contributed by atoms with van der Waals surface area (Å²) in [5, 5.41) is 0. The molecule has 3 heteroatoms. The lowest BCUT2D eigenvalue weighted by Gasteiger charge is -2.10. The van der Waals surface area contributed by atoms with Gasteiger partial charge in [-0.3, -0.25) is 0 Å². The van der Waals surface area contributed by atoms with Crippen LogP contribution in [0.3, 0.4) is 0 Å². The molecule has 0 amide bonds. The summed E-state index contributed by atoms with van der Waals surface area (Å²) in [7, 11) is 1.65. The van der Waals surface area contributed by atoms with Crippen LogP contribution in [0.1, 0.15) is 25.0 Å². The minimum atomic E-state index is -0.280. The molecule has 1 aromatic carbocycles. The lowest BCUT2D eigenvalue weighted by Crippen LogP contribution is -2.03. The number of ether oxygens (including phenoxy) is 2. The van der Waals surface area contributed by atoms with Crippen LogP contribution in [0.15, 0.2) is 24.3 Å². The van der Waals surface area contributed by atoms with Gasteiger partial charge in [0, 0.05) is 11.6 Å². The summed E-state index contributed by atoms with van der Waals surface area (Å²) in [5.41, 5.74) is 3.30. The Morgan fingerprint density at radius 2 is 2.28 bits per heavy atom. The van der Waals surface area contributed by atoms with E-state index in [0.717, 1.165) is 23.3 Å². The fraction of sp³-hybridized carbons (Fsp3) is 0.400. The number of methoxy groups -OCH3 is 1. The summed E-state index contributed by atoms with van der Waals surface area (Å²) in [6.45, 7) is 4.32. The van der Waals surface area contributed by atoms with Gasteiger partial charge in [-0.1, -0.05) is 19.1 Å². The first-order chi connectivity index (χ1) is 8.67. The van der Waals surface area contributed by atoms with Crippen molar-refractivity contribution in [2.45, 2.75) is 20.3 Å². The van der Waals surface area contributed by atoms with Gasteiger partial charge in [-0.2, -0.15) is 0 Å². The number of allylic oxidation sites excluding steroid dienone is 1. The predicted octanol–water partition coefficient (Wildman–Crippen LogP) is 2.83. The molecule has 18 heavy (non-hydrogen) atoms. The van der Waals surface area contributed by atoms with E-state index in [-0.39, 0.29) is 5.97 Å². The number of hydrogen-bond acceptors (Lipinski definition) is 3. The van der Waals surface area contributed by atoms with E-state index >= 15 is 0 Å². The van der Waals surface area contributed by atoms with E-state index in [2.05, 4.69) is 13.0 Å². The van der Waals surface area contributed by atoms with Crippen LogP contribution in [0.25, 0.3) is 5.57 Å². The Hall–Kier alpha value is -1.77. The third-order valence-corrected chi connectivity index (χ3v) is 3.24. The number of esters is 1. The van der Waals surface area contributed by atoms with E-state index in [4.69, 9.17) is 9.47 Å². The number of fused-ring (bicyclic) bond motifs is 1. The quantitative estimate of drug-likeness (QED) is 0.607. The normalized spacial score (nSPS) is 19.7. The molecule has 0 aromatic heterocycles. The second-order valence-electron chi connectivity index (χ2n) is 4.45. The second-order valence-corrected chi connectivity index (χ2v) is 4.45. The summed E-state index contributed by atoms with van der Waals surface area (Å²) in [6.07, 6.45) is 2.54. The third-order valence-electron chi connectivity index (χ3n) is 3.24. The Morgan fingerprint density at radius 3 is 2.94 bits per heavy atom. The Labute approximate surface area is 107 Å². The van der Waals surface area contributed by atoms with Crippen molar-refractivity contribution < 1.29 is 14.3 Å². The monoisotopic (exact) mass is 246 g/mol. The lowest BCUT2D eigenvalue weighted by molar-refractivity contribution is -0.137. The third kappa shape index (κ3) is 2.26. The van der Waals surface area contributed by atoms with Crippen molar-refractivity contribution in [2.75, 3.05) is 13.7 Å². The maximum Gasteiger partial charge on any atom is 0.331 e. The van der Waals surface area contributed by atoms with E-state index in [9.17, 15) is 4.79 Å². The molecule has 0 aliphatic heterocycles. The first-order valence-electron chi connectivity index (χ1n) is 6.22. The van der Waals surface area contributed by atoms with Crippen LogP contribution >= 0.6 is 0 Å². The van der Waals surface area contributed by atoms with Crippen LogP contribution in [0.2, 0.25) is 0 Å². The Kier molecular flexibility index (Phi) is 3.70. The Balaban J connectivity index is 2.43. The smallest absolute Gasteiger partial charge is 0.331 e. The molecule has 96 valence electrons. The highest BCUT2D eigenvalue weighted by atomic mass is 16.5. The molecule has 0 saturated heterocycles. The topological polar surface area (TPSA) is 35.5 Å². The van der Waals surface area contributed by atoms with Crippen LogP contribution < -0.4 is 4.74 Å². The maximum absolute atomic E-state index is 11.6. The number of carbonyl (C=O) groups is 1. The average molecular weight is 246 g/mol. The maximum atomic E-state index is 11.6. The van der Waals surface area contributed by atoms with Gasteiger partial charge in [0.1, 0.15) is 5.75 Å². The van der Waals surface area contributed by atoms with Crippen molar-refractivity contribution in [3.63, 3.8) is 0 Å². The van der Waals surface area contributed by atoms with E-state index < -0.39 is 0 Å². The zero-order valence-electron chi connectivity index (χ0n) is 11.0. The van der Waals surface area contributed by atoms with Crippen LogP contribution in [-0.2, 0) is 16.0 Å². The first kappa shape index (κ1) is 12.7. The molecule has 1 atom stereocenters. The number of hydrogen-bond donors (Lipinski definition) is 0. The fourth-order valence-corrected chi connectivity index (χ4v) is 2.46. The van der Waals surface area contributed by atoms with Crippen molar-refractivity contribution in [2.24, 2.45) is 5.92 Å². The van der Waals surface area contributed by atoms with Crippen molar-refractivity contribution in [3.05, 3.63) is 35.4 Å². The molecule has 1 aliphatic carbocycles. The molecule has 0 bridgehead atoms. The molecule has 1 aliphatic rings. The average Bonchev–Trinajstić information content (AvgIpc) is 2.66. The van der Waals surface area contributed by atoms with Crippen LogP contribution in [0.4, 0.5) is 0 Å². The zero-order valence-corrected chi connectivity index (χ0v) is 11.0. The summed E-state index contributed by atoms with van der Waals surface area (Å²) >= 11 is 0. The highest BCUT2D eigenvalue weighted by molar-refractivity contribution is 5.94. The minimum absolute atomic E-state index is 0.280. The molecular weight excluding hydrogens is 228 g/mol. The minimum Gasteiger partial charge on any atom is -0.496 e. The van der Waals surface area contributed by atoms with Crippen molar-refractivity contribution in [3.8, 4) is 5.75 Å². The van der Waals surface area contributed by atoms with Gasteiger partial charge in [0.2, 0.25) is 0 Å². The van der Waals surface area contributed by atoms with E-state index in [1.54, 1.807) is 13.2 Å². The molecule has 1 aromatic rings. The number of rotatable bonds is 3. The molecule has 0 radical (unpaired) electrons. The lowest BCUT2D eigenvalue weighted by atomic mass is 10.0. The molecular formula is C15H18O3. The molecule has 3 nitrogen and oxygen atoms in total. The number of benzene rings is 1. The van der Waals surface area contributed by atoms with E-state index in [1.165, 1.54) is 5.56 Å². The standard InChI is InChI=1S/C15H18O3/c1-4-18-14(16)9-12-10(2)8-11-6-5-7-13(17-3)15(11)12/h5-7,9-10H,4,8H2,1-3H3/b12-9+/t10-/m0/s1. The fourth-order valence-electron chi connectivity index (χ4n) is 2.46. The molecule has 0 fully saturated rings. The summed E-state index contributed by atoms with van der Waals surface area (Å²) in [4.78, 5) is 11.6.